The third-order valence-electron chi connectivity index (χ3n) is 2.47. The zero-order valence-corrected chi connectivity index (χ0v) is 10.3. The molecule has 1 aromatic heterocycles. The Kier molecular flexibility index (Phi) is 3.30. The molecule has 16 heavy (non-hydrogen) atoms. The van der Waals surface area contributed by atoms with Crippen molar-refractivity contribution in [2.24, 2.45) is 0 Å². The highest BCUT2D eigenvalue weighted by Gasteiger charge is 2.00. The number of halogens is 1. The Morgan fingerprint density at radius 3 is 2.44 bits per heavy atom. The first-order chi connectivity index (χ1) is 7.67. The average Bonchev–Trinajstić information content (AvgIpc) is 2.64. The van der Waals surface area contributed by atoms with Crippen molar-refractivity contribution < 1.29 is 0 Å². The fraction of sp³-hybridized carbons (Fsp3) is 0.308. The normalized spacial score (nSPS) is 10.7. The highest BCUT2D eigenvalue weighted by atomic mass is 35.5. The molecule has 2 rings (SSSR count). The molecule has 0 radical (unpaired) electrons. The molecule has 1 aromatic carbocycles. The fourth-order valence-corrected chi connectivity index (χ4v) is 2.07. The van der Waals surface area contributed by atoms with E-state index in [0.29, 0.717) is 5.88 Å². The first-order valence-corrected chi connectivity index (χ1v) is 5.84. The molecule has 2 nitrogen and oxygen atoms in total. The van der Waals surface area contributed by atoms with Crippen LogP contribution >= 0.6 is 11.6 Å². The molecule has 1 heterocycles. The lowest BCUT2D eigenvalue weighted by Gasteiger charge is -2.05. The van der Waals surface area contributed by atoms with Gasteiger partial charge in [0, 0.05) is 12.7 Å². The number of aryl methyl sites for hydroxylation is 2. The zero-order valence-electron chi connectivity index (χ0n) is 9.57. The number of aromatic nitrogens is 2. The summed E-state index contributed by atoms with van der Waals surface area (Å²) < 4.78 is 2.06. The van der Waals surface area contributed by atoms with Crippen LogP contribution in [0.15, 0.2) is 30.7 Å². The van der Waals surface area contributed by atoms with Gasteiger partial charge in [-0.25, -0.2) is 4.98 Å². The van der Waals surface area contributed by atoms with Crippen molar-refractivity contribution in [3.05, 3.63) is 53.1 Å². The van der Waals surface area contributed by atoms with Crippen LogP contribution in [0.4, 0.5) is 0 Å². The number of hydrogen-bond donors (Lipinski definition) is 0. The second kappa shape index (κ2) is 4.71. The summed E-state index contributed by atoms with van der Waals surface area (Å²) in [5.74, 6) is 0.472. The smallest absolute Gasteiger partial charge is 0.0953 e. The molecule has 0 aliphatic carbocycles. The van der Waals surface area contributed by atoms with Crippen LogP contribution in [0.3, 0.4) is 0 Å². The quantitative estimate of drug-likeness (QED) is 0.746. The van der Waals surface area contributed by atoms with Crippen molar-refractivity contribution >= 4 is 11.6 Å². The second-order valence-corrected chi connectivity index (χ2v) is 4.43. The first kappa shape index (κ1) is 11.2. The van der Waals surface area contributed by atoms with Crippen LogP contribution in [0, 0.1) is 13.8 Å². The van der Waals surface area contributed by atoms with Gasteiger partial charge in [-0.05, 0) is 19.4 Å². The SMILES string of the molecule is Cc1cc(C)cc(Cn2cnc(CCl)c2)c1. The number of hydrogen-bond acceptors (Lipinski definition) is 1. The van der Waals surface area contributed by atoms with Crippen LogP contribution in [0.5, 0.6) is 0 Å². The fourth-order valence-electron chi connectivity index (χ4n) is 1.93. The van der Waals surface area contributed by atoms with Gasteiger partial charge in [-0.1, -0.05) is 29.3 Å². The van der Waals surface area contributed by atoms with Crippen molar-refractivity contribution in [3.63, 3.8) is 0 Å². The van der Waals surface area contributed by atoms with Gasteiger partial charge >= 0.3 is 0 Å². The van der Waals surface area contributed by atoms with E-state index in [2.05, 4.69) is 41.6 Å². The molecule has 0 bridgehead atoms. The molecule has 3 heteroatoms. The van der Waals surface area contributed by atoms with E-state index in [9.17, 15) is 0 Å². The highest BCUT2D eigenvalue weighted by Crippen LogP contribution is 2.11. The minimum Gasteiger partial charge on any atom is -0.333 e. The summed E-state index contributed by atoms with van der Waals surface area (Å²) in [6.45, 7) is 5.09. The lowest BCUT2D eigenvalue weighted by molar-refractivity contribution is 0.795. The number of imidazole rings is 1. The summed E-state index contributed by atoms with van der Waals surface area (Å²) >= 11 is 5.72. The van der Waals surface area contributed by atoms with Gasteiger partial charge in [0.15, 0.2) is 0 Å². The van der Waals surface area contributed by atoms with Crippen LogP contribution in [0.2, 0.25) is 0 Å². The van der Waals surface area contributed by atoms with Crippen molar-refractivity contribution in [2.45, 2.75) is 26.3 Å². The number of rotatable bonds is 3. The van der Waals surface area contributed by atoms with E-state index in [0.717, 1.165) is 12.2 Å². The zero-order chi connectivity index (χ0) is 11.5. The molecule has 0 unspecified atom stereocenters. The molecule has 84 valence electrons. The van der Waals surface area contributed by atoms with E-state index in [1.807, 2.05) is 12.5 Å². The average molecular weight is 235 g/mol. The second-order valence-electron chi connectivity index (χ2n) is 4.17. The Bertz CT molecular complexity index is 468. The molecule has 0 spiro atoms. The summed E-state index contributed by atoms with van der Waals surface area (Å²) in [5, 5.41) is 0. The van der Waals surface area contributed by atoms with Gasteiger partial charge in [-0.2, -0.15) is 0 Å². The lowest BCUT2D eigenvalue weighted by Crippen LogP contribution is -1.97. The molecule has 0 amide bonds. The third kappa shape index (κ3) is 2.64. The van der Waals surface area contributed by atoms with Gasteiger partial charge in [-0.15, -0.1) is 11.6 Å². The summed E-state index contributed by atoms with van der Waals surface area (Å²) in [7, 11) is 0. The molecule has 0 aliphatic heterocycles. The molecule has 0 saturated carbocycles. The van der Waals surface area contributed by atoms with E-state index in [1.54, 1.807) is 0 Å². The maximum absolute atomic E-state index is 5.72. The molecule has 2 aromatic rings. The van der Waals surface area contributed by atoms with E-state index in [4.69, 9.17) is 11.6 Å². The van der Waals surface area contributed by atoms with Crippen LogP contribution < -0.4 is 0 Å². The van der Waals surface area contributed by atoms with Gasteiger partial charge in [0.25, 0.3) is 0 Å². The minimum absolute atomic E-state index is 0.472. The Balaban J connectivity index is 2.19. The summed E-state index contributed by atoms with van der Waals surface area (Å²) in [5.41, 5.74) is 4.82. The van der Waals surface area contributed by atoms with Gasteiger partial charge < -0.3 is 4.57 Å². The molecular formula is C13H15ClN2. The summed E-state index contributed by atoms with van der Waals surface area (Å²) in [6.07, 6.45) is 3.82. The molecule has 0 atom stereocenters. The van der Waals surface area contributed by atoms with Gasteiger partial charge in [-0.3, -0.25) is 0 Å². The van der Waals surface area contributed by atoms with Crippen molar-refractivity contribution in [1.82, 2.24) is 9.55 Å². The maximum Gasteiger partial charge on any atom is 0.0953 e. The van der Waals surface area contributed by atoms with E-state index in [1.165, 1.54) is 16.7 Å². The topological polar surface area (TPSA) is 17.8 Å². The largest absolute Gasteiger partial charge is 0.333 e. The van der Waals surface area contributed by atoms with Crippen LogP contribution in [-0.2, 0) is 12.4 Å². The first-order valence-electron chi connectivity index (χ1n) is 5.31. The maximum atomic E-state index is 5.72. The Hall–Kier alpha value is -1.28. The van der Waals surface area contributed by atoms with E-state index < -0.39 is 0 Å². The van der Waals surface area contributed by atoms with Crippen molar-refractivity contribution in [2.75, 3.05) is 0 Å². The number of alkyl halides is 1. The number of benzene rings is 1. The molecule has 0 aliphatic rings. The highest BCUT2D eigenvalue weighted by molar-refractivity contribution is 6.16. The number of nitrogens with zero attached hydrogens (tertiary/aromatic N) is 2. The van der Waals surface area contributed by atoms with Crippen LogP contribution in [0.25, 0.3) is 0 Å². The third-order valence-corrected chi connectivity index (χ3v) is 2.74. The van der Waals surface area contributed by atoms with E-state index >= 15 is 0 Å². The van der Waals surface area contributed by atoms with Crippen molar-refractivity contribution in [3.8, 4) is 0 Å². The lowest BCUT2D eigenvalue weighted by atomic mass is 10.1. The predicted octanol–water partition coefficient (Wildman–Crippen LogP) is 3.29. The van der Waals surface area contributed by atoms with Crippen molar-refractivity contribution in [1.29, 1.82) is 0 Å². The predicted molar refractivity (Wildman–Crippen MR) is 66.8 cm³/mol. The van der Waals surface area contributed by atoms with Crippen LogP contribution in [0.1, 0.15) is 22.4 Å². The molecular weight excluding hydrogens is 220 g/mol. The standard InChI is InChI=1S/C13H15ClN2/c1-10-3-11(2)5-12(4-10)7-16-8-13(6-14)15-9-16/h3-5,8-9H,6-7H2,1-2H3. The van der Waals surface area contributed by atoms with Gasteiger partial charge in [0.05, 0.1) is 17.9 Å². The van der Waals surface area contributed by atoms with Crippen LogP contribution in [-0.4, -0.2) is 9.55 Å². The monoisotopic (exact) mass is 234 g/mol. The molecule has 0 fully saturated rings. The Morgan fingerprint density at radius 2 is 1.88 bits per heavy atom. The Labute approximate surface area is 101 Å². The Morgan fingerprint density at radius 1 is 1.19 bits per heavy atom. The summed E-state index contributed by atoms with van der Waals surface area (Å²) in [4.78, 5) is 4.21. The van der Waals surface area contributed by atoms with Gasteiger partial charge in [0.2, 0.25) is 0 Å². The summed E-state index contributed by atoms with van der Waals surface area (Å²) in [6, 6.07) is 6.59. The molecule has 0 N–H and O–H groups in total. The van der Waals surface area contributed by atoms with Gasteiger partial charge in [0.1, 0.15) is 0 Å². The van der Waals surface area contributed by atoms with E-state index in [-0.39, 0.29) is 0 Å². The molecule has 0 saturated heterocycles. The minimum atomic E-state index is 0.472.